The maximum absolute atomic E-state index is 9.75. The molecule has 3 nitrogen and oxygen atoms in total. The Morgan fingerprint density at radius 1 is 1.11 bits per heavy atom. The zero-order chi connectivity index (χ0) is 20.8. The Bertz CT molecular complexity index is 768. The topological polar surface area (TPSA) is 23.8 Å². The highest BCUT2D eigenvalue weighted by Crippen LogP contribution is 2.35. The van der Waals surface area contributed by atoms with Crippen molar-refractivity contribution in [3.8, 4) is 5.75 Å². The second-order valence-corrected chi connectivity index (χ2v) is 6.98. The summed E-state index contributed by atoms with van der Waals surface area (Å²) in [6.45, 7) is 12.6. The van der Waals surface area contributed by atoms with E-state index in [4.69, 9.17) is 21.4 Å². The van der Waals surface area contributed by atoms with Crippen LogP contribution in [-0.2, 0) is 5.41 Å². The summed E-state index contributed by atoms with van der Waals surface area (Å²) in [6, 6.07) is 8.14. The van der Waals surface area contributed by atoms with E-state index in [1.54, 1.807) is 0 Å². The lowest BCUT2D eigenvalue weighted by Crippen LogP contribution is -2.21. The molecule has 0 unspecified atom stereocenters. The molecule has 1 heterocycles. The fourth-order valence-corrected chi connectivity index (χ4v) is 2.55. The van der Waals surface area contributed by atoms with Gasteiger partial charge in [0.05, 0.1) is 17.5 Å². The van der Waals surface area contributed by atoms with Crippen LogP contribution in [0.3, 0.4) is 0 Å². The van der Waals surface area contributed by atoms with Crippen LogP contribution in [0.4, 0.5) is 23.0 Å². The number of benzene rings is 1. The Hall–Kier alpha value is -1.90. The first-order valence-corrected chi connectivity index (χ1v) is 9.01. The van der Waals surface area contributed by atoms with E-state index in [9.17, 15) is 17.3 Å². The second kappa shape index (κ2) is 9.35. The summed E-state index contributed by atoms with van der Waals surface area (Å²) in [7, 11) is -6.00. The molecule has 0 fully saturated rings. The van der Waals surface area contributed by atoms with Crippen molar-refractivity contribution >= 4 is 41.7 Å². The zero-order valence-corrected chi connectivity index (χ0v) is 16.9. The number of hydrogen-bond acceptors (Lipinski definition) is 3. The van der Waals surface area contributed by atoms with Crippen LogP contribution < -0.4 is 9.64 Å². The Balaban J connectivity index is 0.000000646. The molecule has 150 valence electrons. The third-order valence-corrected chi connectivity index (χ3v) is 3.85. The van der Waals surface area contributed by atoms with Crippen LogP contribution in [0, 0.1) is 0 Å². The number of nitrogens with zero attached hydrogens (tertiary/aromatic N) is 1. The molecule has 1 aromatic carbocycles. The van der Waals surface area contributed by atoms with Crippen molar-refractivity contribution in [1.29, 1.82) is 0 Å². The summed E-state index contributed by atoms with van der Waals surface area (Å²) in [5.74, 6) is 1.62. The Morgan fingerprint density at radius 2 is 1.67 bits per heavy atom. The second-order valence-electron chi connectivity index (χ2n) is 6.79. The van der Waals surface area contributed by atoms with Crippen LogP contribution in [0.2, 0.25) is 0 Å². The number of hydrogen-bond donors (Lipinski definition) is 0. The van der Waals surface area contributed by atoms with Gasteiger partial charge in [-0.3, -0.25) is 0 Å². The van der Waals surface area contributed by atoms with Crippen molar-refractivity contribution in [2.24, 2.45) is 0 Å². The third-order valence-electron chi connectivity index (χ3n) is 3.76. The highest BCUT2D eigenvalue weighted by molar-refractivity contribution is 7.78. The molecular weight excluding hydrogens is 381 g/mol. The number of fused-ring (bicyclic) bond motifs is 1. The molecule has 0 aliphatic carbocycles. The summed E-state index contributed by atoms with van der Waals surface area (Å²) in [5, 5.41) is 0.935. The fraction of sp³-hybridized carbons (Fsp3) is 0.444. The summed E-state index contributed by atoms with van der Waals surface area (Å²) >= 11 is 4.85. The van der Waals surface area contributed by atoms with Crippen LogP contribution >= 0.6 is 12.2 Å². The van der Waals surface area contributed by atoms with Crippen LogP contribution in [0.15, 0.2) is 28.7 Å². The summed E-state index contributed by atoms with van der Waals surface area (Å²) in [4.78, 5) is 2.29. The van der Waals surface area contributed by atoms with E-state index < -0.39 is 7.25 Å². The SMILES string of the molecule is CCN(CC)c1ccc2c(OC=S)cc(C(C)(C)C)[o+]c2c1.F[B-](F)(F)F. The Morgan fingerprint density at radius 3 is 2.11 bits per heavy atom. The minimum Gasteiger partial charge on any atom is -0.452 e. The molecule has 0 saturated heterocycles. The molecule has 0 amide bonds. The van der Waals surface area contributed by atoms with E-state index in [0.717, 1.165) is 41.3 Å². The number of ether oxygens (including phenoxy) is 1. The predicted molar refractivity (Wildman–Crippen MR) is 107 cm³/mol. The molecule has 0 N–H and O–H groups in total. The minimum atomic E-state index is -6.00. The maximum atomic E-state index is 9.75. The highest BCUT2D eigenvalue weighted by Gasteiger charge is 2.30. The maximum Gasteiger partial charge on any atom is 0.673 e. The van der Waals surface area contributed by atoms with Crippen LogP contribution in [0.25, 0.3) is 11.0 Å². The van der Waals surface area contributed by atoms with Gasteiger partial charge in [0.1, 0.15) is 5.39 Å². The van der Waals surface area contributed by atoms with Gasteiger partial charge in [0.2, 0.25) is 0 Å². The molecule has 0 saturated carbocycles. The first-order chi connectivity index (χ1) is 12.4. The predicted octanol–water partition coefficient (Wildman–Crippen LogP) is 6.49. The van der Waals surface area contributed by atoms with Crippen LogP contribution in [0.5, 0.6) is 5.75 Å². The van der Waals surface area contributed by atoms with E-state index in [1.807, 2.05) is 12.1 Å². The van der Waals surface area contributed by atoms with Gasteiger partial charge in [0, 0.05) is 18.8 Å². The van der Waals surface area contributed by atoms with Gasteiger partial charge in [-0.15, -0.1) is 0 Å². The minimum absolute atomic E-state index is 0.0983. The lowest BCUT2D eigenvalue weighted by molar-refractivity contribution is 0.368. The van der Waals surface area contributed by atoms with Crippen molar-refractivity contribution in [1.82, 2.24) is 0 Å². The van der Waals surface area contributed by atoms with Gasteiger partial charge in [0.15, 0.2) is 11.3 Å². The Kier molecular flexibility index (Phi) is 8.01. The monoisotopic (exact) mass is 405 g/mol. The quantitative estimate of drug-likeness (QED) is 0.245. The van der Waals surface area contributed by atoms with E-state index in [0.29, 0.717) is 0 Å². The molecule has 0 spiro atoms. The van der Waals surface area contributed by atoms with E-state index in [-0.39, 0.29) is 5.41 Å². The zero-order valence-electron chi connectivity index (χ0n) is 16.1. The summed E-state index contributed by atoms with van der Waals surface area (Å²) < 4.78 is 50.7. The van der Waals surface area contributed by atoms with Crippen molar-refractivity contribution in [2.45, 2.75) is 40.0 Å². The molecule has 0 atom stereocenters. The number of thiocarbonyl (C=S) groups is 1. The molecule has 2 rings (SSSR count). The van der Waals surface area contributed by atoms with Gasteiger partial charge >= 0.3 is 18.6 Å². The summed E-state index contributed by atoms with van der Waals surface area (Å²) in [6.07, 6.45) is 0. The molecule has 0 bridgehead atoms. The fourth-order valence-electron chi connectivity index (χ4n) is 2.45. The standard InChI is InChI=1S/C18H24NO2S.BF4/c1-6-19(7-2)13-8-9-14-15(20-12-22)11-17(18(3,4)5)21-16(14)10-13;2-1(3,4)5/h8-12H,6-7H2,1-5H3;/q+1;-1. The van der Waals surface area contributed by atoms with Gasteiger partial charge in [-0.1, -0.05) is 0 Å². The average Bonchev–Trinajstić information content (AvgIpc) is 2.53. The van der Waals surface area contributed by atoms with E-state index in [1.165, 1.54) is 5.55 Å². The van der Waals surface area contributed by atoms with Gasteiger partial charge in [-0.2, -0.15) is 0 Å². The van der Waals surface area contributed by atoms with Gasteiger partial charge in [-0.05, 0) is 59.0 Å². The lowest BCUT2D eigenvalue weighted by atomic mass is 9.92. The largest absolute Gasteiger partial charge is 0.673 e. The van der Waals surface area contributed by atoms with Gasteiger partial charge in [0.25, 0.3) is 0 Å². The molecule has 9 heteroatoms. The molecule has 1 aromatic heterocycles. The molecular formula is C18H24BF4NO2S. The normalized spacial score (nSPS) is 11.6. The number of halogens is 4. The molecule has 0 aliphatic rings. The molecule has 2 aromatic rings. The average molecular weight is 405 g/mol. The Labute approximate surface area is 162 Å². The van der Waals surface area contributed by atoms with Crippen molar-refractivity contribution in [2.75, 3.05) is 18.0 Å². The van der Waals surface area contributed by atoms with Crippen LogP contribution in [-0.4, -0.2) is 25.9 Å². The molecule has 27 heavy (non-hydrogen) atoms. The first-order valence-electron chi connectivity index (χ1n) is 8.54. The third kappa shape index (κ3) is 7.32. The van der Waals surface area contributed by atoms with E-state index in [2.05, 4.69) is 51.7 Å². The highest BCUT2D eigenvalue weighted by atomic mass is 32.1. The lowest BCUT2D eigenvalue weighted by Gasteiger charge is -2.20. The number of rotatable bonds is 5. The smallest absolute Gasteiger partial charge is 0.452 e. The number of anilines is 1. The van der Waals surface area contributed by atoms with Crippen LogP contribution in [0.1, 0.15) is 40.4 Å². The van der Waals surface area contributed by atoms with Crippen molar-refractivity contribution < 1.29 is 26.4 Å². The van der Waals surface area contributed by atoms with Crippen molar-refractivity contribution in [3.63, 3.8) is 0 Å². The van der Waals surface area contributed by atoms with E-state index >= 15 is 0 Å². The molecule has 0 radical (unpaired) electrons. The van der Waals surface area contributed by atoms with Gasteiger partial charge < -0.3 is 26.9 Å². The molecule has 0 aliphatic heterocycles. The summed E-state index contributed by atoms with van der Waals surface area (Å²) in [5.41, 5.74) is 3.17. The first kappa shape index (κ1) is 23.1. The van der Waals surface area contributed by atoms with Gasteiger partial charge in [-0.25, -0.2) is 4.42 Å². The van der Waals surface area contributed by atoms with Crippen molar-refractivity contribution in [3.05, 3.63) is 30.0 Å².